The second-order valence-corrected chi connectivity index (χ2v) is 7.75. The molecule has 1 heterocycles. The molecule has 0 atom stereocenters. The molecule has 0 unspecified atom stereocenters. The van der Waals surface area contributed by atoms with Crippen molar-refractivity contribution in [1.29, 1.82) is 0 Å². The number of carboxylic acids is 1. The number of nitrogens with zero attached hydrogens (tertiary/aromatic N) is 1. The topological polar surface area (TPSA) is 118 Å². The highest BCUT2D eigenvalue weighted by Gasteiger charge is 2.29. The first-order chi connectivity index (χ1) is 16.5. The lowest BCUT2D eigenvalue weighted by atomic mass is 9.98. The second kappa shape index (κ2) is 9.99. The molecule has 1 aliphatic rings. The smallest absolute Gasteiger partial charge is 0.411 e. The van der Waals surface area contributed by atoms with Crippen LogP contribution in [-0.4, -0.2) is 41.2 Å². The summed E-state index contributed by atoms with van der Waals surface area (Å²) in [4.78, 5) is 40.0. The van der Waals surface area contributed by atoms with Crippen LogP contribution in [0.3, 0.4) is 0 Å². The molecule has 2 amide bonds. The maximum absolute atomic E-state index is 12.6. The van der Waals surface area contributed by atoms with Crippen molar-refractivity contribution in [1.82, 2.24) is 10.3 Å². The Morgan fingerprint density at radius 3 is 2.29 bits per heavy atom. The Morgan fingerprint density at radius 2 is 1.65 bits per heavy atom. The third-order valence-electron chi connectivity index (χ3n) is 5.61. The highest BCUT2D eigenvalue weighted by atomic mass is 16.5. The summed E-state index contributed by atoms with van der Waals surface area (Å²) in [5.41, 5.74) is 4.76. The predicted molar refractivity (Wildman–Crippen MR) is 127 cm³/mol. The van der Waals surface area contributed by atoms with Gasteiger partial charge < -0.3 is 15.2 Å². The molecular formula is C26H23N3O5. The lowest BCUT2D eigenvalue weighted by molar-refractivity contribution is -0.132. The zero-order valence-electron chi connectivity index (χ0n) is 18.4. The molecule has 8 heteroatoms. The van der Waals surface area contributed by atoms with Crippen LogP contribution < -0.4 is 10.6 Å². The Kier molecular flexibility index (Phi) is 6.68. The number of hydrogen-bond donors (Lipinski definition) is 3. The van der Waals surface area contributed by atoms with E-state index in [1.807, 2.05) is 36.4 Å². The average Bonchev–Trinajstić information content (AvgIpc) is 3.16. The zero-order chi connectivity index (χ0) is 24.1. The molecular weight excluding hydrogens is 434 g/mol. The predicted octanol–water partition coefficient (Wildman–Crippen LogP) is 4.20. The van der Waals surface area contributed by atoms with Crippen LogP contribution in [0.25, 0.3) is 11.1 Å². The van der Waals surface area contributed by atoms with E-state index in [9.17, 15) is 14.4 Å². The standard InChI is InChI=1S/C26H23N3O5/c1-16(25(31)32)12-14-28-24(30)23-22(11-6-13-27-23)29-26(33)34-15-21-19-9-4-2-7-17(19)18-8-3-5-10-20(18)21/h2-13,21H,14-15H2,1H3,(H,28,30)(H,29,33)(H,31,32)/b16-12+. The highest BCUT2D eigenvalue weighted by molar-refractivity contribution is 6.01. The first-order valence-corrected chi connectivity index (χ1v) is 10.7. The minimum Gasteiger partial charge on any atom is -0.478 e. The minimum atomic E-state index is -1.07. The molecule has 1 aromatic heterocycles. The van der Waals surface area contributed by atoms with E-state index in [2.05, 4.69) is 27.8 Å². The summed E-state index contributed by atoms with van der Waals surface area (Å²) in [5, 5.41) is 14.0. The number of benzene rings is 2. The number of amides is 2. The Labute approximate surface area is 196 Å². The van der Waals surface area contributed by atoms with Gasteiger partial charge in [0.2, 0.25) is 0 Å². The van der Waals surface area contributed by atoms with E-state index in [0.29, 0.717) is 0 Å². The Balaban J connectivity index is 1.41. The summed E-state index contributed by atoms with van der Waals surface area (Å²) >= 11 is 0. The normalized spacial score (nSPS) is 12.4. The monoisotopic (exact) mass is 457 g/mol. The van der Waals surface area contributed by atoms with Crippen LogP contribution >= 0.6 is 0 Å². The lowest BCUT2D eigenvalue weighted by Crippen LogP contribution is -2.27. The summed E-state index contributed by atoms with van der Waals surface area (Å²) in [6.07, 6.45) is 2.10. The summed E-state index contributed by atoms with van der Waals surface area (Å²) in [6.45, 7) is 1.58. The maximum atomic E-state index is 12.6. The van der Waals surface area contributed by atoms with Crippen LogP contribution in [-0.2, 0) is 9.53 Å². The van der Waals surface area contributed by atoms with Gasteiger partial charge in [0.15, 0.2) is 5.69 Å². The number of aromatic nitrogens is 1. The van der Waals surface area contributed by atoms with Gasteiger partial charge in [0.25, 0.3) is 5.91 Å². The van der Waals surface area contributed by atoms with E-state index < -0.39 is 18.0 Å². The summed E-state index contributed by atoms with van der Waals surface area (Å²) < 4.78 is 5.53. The van der Waals surface area contributed by atoms with Crippen LogP contribution in [0.1, 0.15) is 34.5 Å². The molecule has 0 aliphatic heterocycles. The molecule has 3 N–H and O–H groups in total. The molecule has 0 spiro atoms. The molecule has 34 heavy (non-hydrogen) atoms. The lowest BCUT2D eigenvalue weighted by Gasteiger charge is -2.15. The molecule has 4 rings (SSSR count). The first kappa shape index (κ1) is 22.7. The van der Waals surface area contributed by atoms with E-state index in [-0.39, 0.29) is 36.0 Å². The summed E-state index contributed by atoms with van der Waals surface area (Å²) in [6, 6.07) is 19.2. The fourth-order valence-corrected chi connectivity index (χ4v) is 3.90. The third kappa shape index (κ3) is 4.80. The third-order valence-corrected chi connectivity index (χ3v) is 5.61. The number of ether oxygens (including phenoxy) is 1. The Bertz CT molecular complexity index is 1240. The quantitative estimate of drug-likeness (QED) is 0.458. The van der Waals surface area contributed by atoms with Crippen molar-refractivity contribution >= 4 is 23.7 Å². The van der Waals surface area contributed by atoms with Crippen LogP contribution in [0.2, 0.25) is 0 Å². The number of carbonyl (C=O) groups excluding carboxylic acids is 2. The number of anilines is 1. The number of carboxylic acid groups (broad SMARTS) is 1. The minimum absolute atomic E-state index is 0.00242. The number of carbonyl (C=O) groups is 3. The highest BCUT2D eigenvalue weighted by Crippen LogP contribution is 2.44. The molecule has 0 radical (unpaired) electrons. The van der Waals surface area contributed by atoms with Crippen molar-refractivity contribution < 1.29 is 24.2 Å². The average molecular weight is 457 g/mol. The molecule has 8 nitrogen and oxygen atoms in total. The van der Waals surface area contributed by atoms with E-state index in [1.54, 1.807) is 12.1 Å². The van der Waals surface area contributed by atoms with Crippen LogP contribution in [0.15, 0.2) is 78.5 Å². The van der Waals surface area contributed by atoms with Crippen molar-refractivity contribution in [3.05, 3.63) is 95.3 Å². The Hall–Kier alpha value is -4.46. The maximum Gasteiger partial charge on any atom is 0.411 e. The number of pyridine rings is 1. The van der Waals surface area contributed by atoms with Gasteiger partial charge in [-0.2, -0.15) is 0 Å². The van der Waals surface area contributed by atoms with Gasteiger partial charge in [-0.15, -0.1) is 0 Å². The van der Waals surface area contributed by atoms with Crippen LogP contribution in [0, 0.1) is 0 Å². The molecule has 0 saturated heterocycles. The fraction of sp³-hybridized carbons (Fsp3) is 0.154. The van der Waals surface area contributed by atoms with Gasteiger partial charge >= 0.3 is 12.1 Å². The number of hydrogen-bond acceptors (Lipinski definition) is 5. The van der Waals surface area contributed by atoms with Gasteiger partial charge in [0.1, 0.15) is 6.61 Å². The van der Waals surface area contributed by atoms with Gasteiger partial charge in [0.05, 0.1) is 5.69 Å². The number of fused-ring (bicyclic) bond motifs is 3. The van der Waals surface area contributed by atoms with Crippen molar-refractivity contribution in [2.45, 2.75) is 12.8 Å². The van der Waals surface area contributed by atoms with E-state index in [4.69, 9.17) is 9.84 Å². The summed E-state index contributed by atoms with van der Waals surface area (Å²) in [5.74, 6) is -1.70. The van der Waals surface area contributed by atoms with E-state index in [0.717, 1.165) is 22.3 Å². The van der Waals surface area contributed by atoms with Gasteiger partial charge in [-0.1, -0.05) is 54.6 Å². The van der Waals surface area contributed by atoms with E-state index >= 15 is 0 Å². The van der Waals surface area contributed by atoms with Crippen molar-refractivity contribution in [2.75, 3.05) is 18.5 Å². The second-order valence-electron chi connectivity index (χ2n) is 7.75. The SMILES string of the molecule is C/C(=C\CNC(=O)c1ncccc1NC(=O)OCC1c2ccccc2-c2ccccc21)C(=O)O. The van der Waals surface area contributed by atoms with Crippen molar-refractivity contribution in [3.63, 3.8) is 0 Å². The van der Waals surface area contributed by atoms with Gasteiger partial charge in [-0.25, -0.2) is 14.6 Å². The van der Waals surface area contributed by atoms with Crippen LogP contribution in [0.5, 0.6) is 0 Å². The molecule has 0 bridgehead atoms. The van der Waals surface area contributed by atoms with Crippen LogP contribution in [0.4, 0.5) is 10.5 Å². The molecule has 3 aromatic rings. The first-order valence-electron chi connectivity index (χ1n) is 10.7. The number of rotatable bonds is 7. The van der Waals surface area contributed by atoms with Gasteiger partial charge in [0, 0.05) is 24.2 Å². The molecule has 1 aliphatic carbocycles. The molecule has 2 aromatic carbocycles. The zero-order valence-corrected chi connectivity index (χ0v) is 18.4. The largest absolute Gasteiger partial charge is 0.478 e. The van der Waals surface area contributed by atoms with Crippen molar-refractivity contribution in [2.24, 2.45) is 0 Å². The number of aliphatic carboxylic acids is 1. The van der Waals surface area contributed by atoms with Crippen molar-refractivity contribution in [3.8, 4) is 11.1 Å². The summed E-state index contributed by atoms with van der Waals surface area (Å²) in [7, 11) is 0. The van der Waals surface area contributed by atoms with E-state index in [1.165, 1.54) is 19.2 Å². The van der Waals surface area contributed by atoms with Gasteiger partial charge in [-0.05, 0) is 41.3 Å². The molecule has 172 valence electrons. The van der Waals surface area contributed by atoms with Gasteiger partial charge in [-0.3, -0.25) is 10.1 Å². The molecule has 0 saturated carbocycles. The fourth-order valence-electron chi connectivity index (χ4n) is 3.90. The molecule has 0 fully saturated rings. The number of nitrogens with one attached hydrogen (secondary N) is 2. The Morgan fingerprint density at radius 1 is 1.00 bits per heavy atom.